The number of carboxylic acid groups (broad SMARTS) is 1. The highest BCUT2D eigenvalue weighted by molar-refractivity contribution is 5.80. The van der Waals surface area contributed by atoms with Crippen molar-refractivity contribution in [3.8, 4) is 0 Å². The van der Waals surface area contributed by atoms with Crippen LogP contribution in [0, 0.1) is 5.92 Å². The molecule has 2 atom stereocenters. The van der Waals surface area contributed by atoms with E-state index in [1.807, 2.05) is 0 Å². The average molecular weight is 477 g/mol. The summed E-state index contributed by atoms with van der Waals surface area (Å²) in [5.74, 6) is 0.242. The Labute approximate surface area is 200 Å². The van der Waals surface area contributed by atoms with E-state index in [-0.39, 0.29) is 31.6 Å². The molecule has 188 valence electrons. The molecule has 1 saturated carbocycles. The van der Waals surface area contributed by atoms with E-state index < -0.39 is 24.2 Å². The topological polar surface area (TPSA) is 139 Å². The van der Waals surface area contributed by atoms with E-state index >= 15 is 0 Å². The summed E-state index contributed by atoms with van der Waals surface area (Å²) in [6.45, 7) is 4.36. The van der Waals surface area contributed by atoms with E-state index in [4.69, 9.17) is 14.5 Å². The molecule has 10 nitrogen and oxygen atoms in total. The third kappa shape index (κ3) is 8.16. The number of carbonyl (C=O) groups excluding carboxylic acids is 2. The number of nitrogens with zero attached hydrogens (tertiary/aromatic N) is 1. The van der Waals surface area contributed by atoms with E-state index in [1.165, 1.54) is 12.5 Å². The molecule has 10 heteroatoms. The molecule has 1 aromatic rings. The predicted octanol–water partition coefficient (Wildman–Crippen LogP) is 2.26. The predicted molar refractivity (Wildman–Crippen MR) is 126 cm³/mol. The molecular weight excluding hydrogens is 440 g/mol. The van der Waals surface area contributed by atoms with Crippen molar-refractivity contribution < 1.29 is 29.0 Å². The van der Waals surface area contributed by atoms with Crippen LogP contribution in [0.2, 0.25) is 0 Å². The number of nitrogens with one attached hydrogen (secondary N) is 3. The lowest BCUT2D eigenvalue weighted by molar-refractivity contribution is -0.140. The van der Waals surface area contributed by atoms with Crippen molar-refractivity contribution >= 4 is 23.8 Å². The van der Waals surface area contributed by atoms with Crippen molar-refractivity contribution in [2.75, 3.05) is 25.0 Å². The minimum absolute atomic E-state index is 0.127. The van der Waals surface area contributed by atoms with Crippen LogP contribution in [0.1, 0.15) is 57.2 Å². The maximum atomic E-state index is 11.9. The monoisotopic (exact) mass is 476 g/mol. The van der Waals surface area contributed by atoms with Gasteiger partial charge in [0.2, 0.25) is 5.91 Å². The molecule has 0 radical (unpaired) electrons. The van der Waals surface area contributed by atoms with E-state index in [9.17, 15) is 19.5 Å². The van der Waals surface area contributed by atoms with E-state index in [0.29, 0.717) is 5.92 Å². The Morgan fingerprint density at radius 1 is 1.29 bits per heavy atom. The Balaban J connectivity index is 1.29. The largest absolute Gasteiger partial charge is 0.480 e. The number of hydrogen-bond acceptors (Lipinski definition) is 7. The number of rotatable bonds is 12. The quantitative estimate of drug-likeness (QED) is 0.360. The van der Waals surface area contributed by atoms with Crippen LogP contribution in [0.15, 0.2) is 12.1 Å². The maximum absolute atomic E-state index is 11.9. The molecule has 34 heavy (non-hydrogen) atoms. The molecule has 0 aromatic carbocycles. The van der Waals surface area contributed by atoms with Gasteiger partial charge in [-0.1, -0.05) is 6.07 Å². The van der Waals surface area contributed by atoms with Crippen molar-refractivity contribution in [1.29, 1.82) is 0 Å². The summed E-state index contributed by atoms with van der Waals surface area (Å²) in [5, 5.41) is 17.6. The molecular formula is C24H36N4O6. The van der Waals surface area contributed by atoms with Gasteiger partial charge in [-0.25, -0.2) is 14.6 Å². The Hall–Kier alpha value is -2.88. The zero-order valence-electron chi connectivity index (χ0n) is 20.0. The fourth-order valence-corrected chi connectivity index (χ4v) is 4.20. The van der Waals surface area contributed by atoms with Gasteiger partial charge in [0, 0.05) is 32.2 Å². The van der Waals surface area contributed by atoms with Crippen LogP contribution in [0.3, 0.4) is 0 Å². The van der Waals surface area contributed by atoms with Gasteiger partial charge < -0.3 is 30.5 Å². The number of aliphatic carboxylic acids is 1. The van der Waals surface area contributed by atoms with Crippen LogP contribution in [0.5, 0.6) is 0 Å². The first-order chi connectivity index (χ1) is 16.3. The Bertz CT molecular complexity index is 858. The van der Waals surface area contributed by atoms with Crippen molar-refractivity contribution in [1.82, 2.24) is 15.6 Å². The minimum Gasteiger partial charge on any atom is -0.480 e. The van der Waals surface area contributed by atoms with Gasteiger partial charge in [0.15, 0.2) is 0 Å². The fraction of sp³-hybridized carbons (Fsp3) is 0.667. The Morgan fingerprint density at radius 3 is 2.82 bits per heavy atom. The molecule has 2 amide bonds. The number of alkyl carbamates (subject to hydrolysis) is 1. The lowest BCUT2D eigenvalue weighted by Gasteiger charge is -2.35. The van der Waals surface area contributed by atoms with Crippen LogP contribution in [0.25, 0.3) is 0 Å². The second kappa shape index (κ2) is 12.5. The number of hydrogen-bond donors (Lipinski definition) is 4. The molecule has 0 saturated heterocycles. The van der Waals surface area contributed by atoms with Gasteiger partial charge in [-0.3, -0.25) is 4.79 Å². The third-order valence-corrected chi connectivity index (χ3v) is 6.25. The van der Waals surface area contributed by atoms with Crippen LogP contribution < -0.4 is 16.0 Å². The van der Waals surface area contributed by atoms with Crippen LogP contribution in [0.4, 0.5) is 10.6 Å². The minimum atomic E-state index is -1.14. The molecule has 1 aliphatic carbocycles. The first-order valence-electron chi connectivity index (χ1n) is 12.1. The summed E-state index contributed by atoms with van der Waals surface area (Å²) in [6, 6.07) is 3.21. The van der Waals surface area contributed by atoms with Crippen molar-refractivity contribution in [3.63, 3.8) is 0 Å². The molecule has 3 rings (SSSR count). The summed E-state index contributed by atoms with van der Waals surface area (Å²) in [5.41, 5.74) is 2.42. The Morgan fingerprint density at radius 2 is 2.09 bits per heavy atom. The summed E-state index contributed by atoms with van der Waals surface area (Å²) >= 11 is 0. The fourth-order valence-electron chi connectivity index (χ4n) is 4.20. The summed E-state index contributed by atoms with van der Waals surface area (Å²) in [4.78, 5) is 39.0. The maximum Gasteiger partial charge on any atom is 0.408 e. The molecule has 0 unspecified atom stereocenters. The van der Waals surface area contributed by atoms with E-state index in [2.05, 4.69) is 28.1 Å². The van der Waals surface area contributed by atoms with Gasteiger partial charge in [0.1, 0.15) is 18.0 Å². The smallest absolute Gasteiger partial charge is 0.408 e. The third-order valence-electron chi connectivity index (χ3n) is 6.25. The number of aromatic nitrogens is 1. The normalized spacial score (nSPS) is 20.6. The summed E-state index contributed by atoms with van der Waals surface area (Å²) in [6.07, 6.45) is 5.04. The number of carbonyl (C=O) groups is 3. The second-order valence-electron chi connectivity index (χ2n) is 9.19. The lowest BCUT2D eigenvalue weighted by Crippen LogP contribution is -2.44. The van der Waals surface area contributed by atoms with Crippen molar-refractivity contribution in [2.45, 2.75) is 77.0 Å². The zero-order valence-corrected chi connectivity index (χ0v) is 20.0. The van der Waals surface area contributed by atoms with Crippen molar-refractivity contribution in [3.05, 3.63) is 23.4 Å². The van der Waals surface area contributed by atoms with Gasteiger partial charge >= 0.3 is 12.1 Å². The van der Waals surface area contributed by atoms with Gasteiger partial charge in [-0.15, -0.1) is 0 Å². The molecule has 2 aliphatic rings. The van der Waals surface area contributed by atoms with Crippen LogP contribution >= 0.6 is 0 Å². The van der Waals surface area contributed by atoms with Gasteiger partial charge in [0.05, 0.1) is 12.6 Å². The number of pyridine rings is 1. The number of amides is 2. The van der Waals surface area contributed by atoms with Crippen LogP contribution in [-0.2, 0) is 31.9 Å². The van der Waals surface area contributed by atoms with Crippen molar-refractivity contribution in [2.24, 2.45) is 5.92 Å². The molecule has 1 aliphatic heterocycles. The molecule has 0 spiro atoms. The lowest BCUT2D eigenvalue weighted by atomic mass is 9.79. The van der Waals surface area contributed by atoms with E-state index in [1.54, 1.807) is 6.92 Å². The standard InChI is InChI=1S/C24H36N4O6/c1-15(14-26-16(2)29)34-24(32)28-21(23(30)31)9-11-33-20-12-17(13-20)5-7-19-8-6-18-4-3-10-25-22(18)27-19/h6,8,15,17,20-21H,3-5,7,9-14H2,1-2H3,(H,25,27)(H,26,29)(H,28,32)(H,30,31)/t15-,17-,20-,21-/m0/s1. The van der Waals surface area contributed by atoms with E-state index in [0.717, 1.165) is 56.6 Å². The van der Waals surface area contributed by atoms with Crippen LogP contribution in [-0.4, -0.2) is 66.0 Å². The Kier molecular flexibility index (Phi) is 9.50. The highest BCUT2D eigenvalue weighted by Gasteiger charge is 2.30. The molecule has 1 fully saturated rings. The number of carboxylic acids is 1. The first-order valence-corrected chi connectivity index (χ1v) is 12.1. The number of fused-ring (bicyclic) bond motifs is 1. The first kappa shape index (κ1) is 25.7. The van der Waals surface area contributed by atoms with Gasteiger partial charge in [-0.2, -0.15) is 0 Å². The van der Waals surface area contributed by atoms with Gasteiger partial charge in [-0.05, 0) is 63.0 Å². The molecule has 1 aromatic heterocycles. The molecule has 0 bridgehead atoms. The summed E-state index contributed by atoms with van der Waals surface area (Å²) < 4.78 is 10.9. The number of anilines is 1. The van der Waals surface area contributed by atoms with Gasteiger partial charge in [0.25, 0.3) is 0 Å². The number of ether oxygens (including phenoxy) is 2. The highest BCUT2D eigenvalue weighted by atomic mass is 16.6. The average Bonchev–Trinajstić information content (AvgIpc) is 2.77. The summed E-state index contributed by atoms with van der Waals surface area (Å²) in [7, 11) is 0. The zero-order chi connectivity index (χ0) is 24.5. The molecule has 2 heterocycles. The second-order valence-corrected chi connectivity index (χ2v) is 9.19. The molecule has 4 N–H and O–H groups in total. The SMILES string of the molecule is CC(=O)NC[C@H](C)OC(=O)N[C@@H](CCO[C@H]1C[C@H](CCc2ccc3c(n2)NCCC3)C1)C(=O)O. The number of aryl methyl sites for hydroxylation is 2. The highest BCUT2D eigenvalue weighted by Crippen LogP contribution is 2.34.